The van der Waals surface area contributed by atoms with Gasteiger partial charge in [-0.25, -0.2) is 4.57 Å². The normalized spacial score (nSPS) is 13.8. The average molecular weight is 946 g/mol. The number of phosphoric acid groups is 1. The van der Waals surface area contributed by atoms with Crippen molar-refractivity contribution >= 4 is 13.8 Å². The predicted molar refractivity (Wildman–Crippen MR) is 284 cm³/mol. The Bertz CT molecular complexity index is 1250. The Labute approximate surface area is 407 Å². The lowest BCUT2D eigenvalue weighted by molar-refractivity contribution is -0.154. The van der Waals surface area contributed by atoms with Crippen molar-refractivity contribution in [3.8, 4) is 0 Å². The molecule has 2 atom stereocenters. The van der Waals surface area contributed by atoms with Crippen LogP contribution in [-0.2, 0) is 27.9 Å². The molecule has 3 N–H and O–H groups in total. The molecule has 0 heterocycles. The minimum Gasteiger partial charge on any atom is -0.457 e. The van der Waals surface area contributed by atoms with Crippen LogP contribution in [0.25, 0.3) is 0 Å². The zero-order chi connectivity index (χ0) is 48.0. The first-order chi connectivity index (χ1) is 32.4. The number of nitrogens with two attached hydrogens (primary N) is 1. The van der Waals surface area contributed by atoms with Crippen LogP contribution in [0, 0.1) is 0 Å². The molecular formula is C57H104NO7P. The molecule has 0 spiro atoms. The summed E-state index contributed by atoms with van der Waals surface area (Å²) in [7, 11) is -4.29. The quantitative estimate of drug-likeness (QED) is 0.0268. The van der Waals surface area contributed by atoms with Crippen LogP contribution < -0.4 is 5.73 Å². The zero-order valence-corrected chi connectivity index (χ0v) is 43.8. The number of carbonyl (C=O) groups is 1. The number of hydrogen-bond donors (Lipinski definition) is 2. The molecule has 9 heteroatoms. The van der Waals surface area contributed by atoms with E-state index in [1.807, 2.05) is 0 Å². The van der Waals surface area contributed by atoms with E-state index in [1.165, 1.54) is 161 Å². The first-order valence-electron chi connectivity index (χ1n) is 27.4. The summed E-state index contributed by atoms with van der Waals surface area (Å²) < 4.78 is 33.7. The minimum atomic E-state index is -4.29. The largest absolute Gasteiger partial charge is 0.472 e. The smallest absolute Gasteiger partial charge is 0.457 e. The standard InChI is InChI=1S/C57H104NO7P/c1-3-5-7-9-11-13-15-17-19-21-23-25-27-29-31-33-35-37-39-41-43-45-47-49-52-62-54-56(55-64-66(60,61)63-53-51-58)65-57(59)50-48-46-44-42-40-38-36-34-32-30-28-26-24-22-20-18-16-14-12-10-8-6-4-2/h5,7,11,13,16-19,22-25,56H,3-4,6,8-10,12,14-15,20-21,26-55,58H2,1-2H3,(H,60,61)/b7-5-,13-11-,18-16-,19-17-,24-22-,25-23-. The summed E-state index contributed by atoms with van der Waals surface area (Å²) in [4.78, 5) is 22.6. The third-order valence-corrected chi connectivity index (χ3v) is 12.6. The van der Waals surface area contributed by atoms with Crippen molar-refractivity contribution in [1.82, 2.24) is 0 Å². The summed E-state index contributed by atoms with van der Waals surface area (Å²) >= 11 is 0. The lowest BCUT2D eigenvalue weighted by atomic mass is 10.0. The number of esters is 1. The van der Waals surface area contributed by atoms with E-state index in [-0.39, 0.29) is 32.3 Å². The molecule has 0 bridgehead atoms. The molecular weight excluding hydrogens is 842 g/mol. The maximum absolute atomic E-state index is 12.7. The second-order valence-electron chi connectivity index (χ2n) is 18.1. The van der Waals surface area contributed by atoms with Crippen molar-refractivity contribution in [3.63, 3.8) is 0 Å². The topological polar surface area (TPSA) is 117 Å². The number of carbonyl (C=O) groups excluding carboxylic acids is 1. The number of hydrogen-bond acceptors (Lipinski definition) is 7. The van der Waals surface area contributed by atoms with E-state index in [4.69, 9.17) is 24.3 Å². The third-order valence-electron chi connectivity index (χ3n) is 11.6. The fraction of sp³-hybridized carbons (Fsp3) is 0.772. The summed E-state index contributed by atoms with van der Waals surface area (Å²) in [5.74, 6) is -0.333. The number of allylic oxidation sites excluding steroid dienone is 12. The summed E-state index contributed by atoms with van der Waals surface area (Å²) in [6, 6.07) is 0. The van der Waals surface area contributed by atoms with Gasteiger partial charge in [-0.15, -0.1) is 0 Å². The van der Waals surface area contributed by atoms with Crippen molar-refractivity contribution in [2.75, 3.05) is 33.0 Å². The monoisotopic (exact) mass is 946 g/mol. The molecule has 0 aliphatic heterocycles. The highest BCUT2D eigenvalue weighted by Gasteiger charge is 2.25. The van der Waals surface area contributed by atoms with Crippen LogP contribution in [0.15, 0.2) is 72.9 Å². The van der Waals surface area contributed by atoms with Crippen molar-refractivity contribution < 1.29 is 32.8 Å². The second-order valence-corrected chi connectivity index (χ2v) is 19.5. The molecule has 0 aromatic carbocycles. The Morgan fingerprint density at radius 2 is 0.848 bits per heavy atom. The van der Waals surface area contributed by atoms with Gasteiger partial charge in [0.2, 0.25) is 0 Å². The minimum absolute atomic E-state index is 0.0972. The van der Waals surface area contributed by atoms with Crippen LogP contribution in [0.2, 0.25) is 0 Å². The van der Waals surface area contributed by atoms with Gasteiger partial charge >= 0.3 is 13.8 Å². The van der Waals surface area contributed by atoms with Gasteiger partial charge in [0.05, 0.1) is 19.8 Å². The van der Waals surface area contributed by atoms with Gasteiger partial charge in [0.1, 0.15) is 6.10 Å². The SMILES string of the molecule is CC/C=C\C/C=C\C/C=C\C/C=C\CCCCCCCCCCCCCOCC(COP(=O)(O)OCCN)OC(=O)CCCCCCCCCCCCC/C=C\C/C=C\CCCCCCC. The first-order valence-corrected chi connectivity index (χ1v) is 28.9. The van der Waals surface area contributed by atoms with E-state index in [1.54, 1.807) is 0 Å². The average Bonchev–Trinajstić information content (AvgIpc) is 3.31. The van der Waals surface area contributed by atoms with Crippen LogP contribution in [0.1, 0.15) is 245 Å². The maximum Gasteiger partial charge on any atom is 0.472 e. The first kappa shape index (κ1) is 63.9. The Hall–Kier alpha value is -2.06. The molecule has 0 rings (SSSR count). The van der Waals surface area contributed by atoms with Gasteiger partial charge in [-0.1, -0.05) is 228 Å². The fourth-order valence-electron chi connectivity index (χ4n) is 7.61. The van der Waals surface area contributed by atoms with Gasteiger partial charge < -0.3 is 20.1 Å². The van der Waals surface area contributed by atoms with E-state index in [0.29, 0.717) is 13.0 Å². The molecule has 0 aliphatic rings. The molecule has 0 aliphatic carbocycles. The van der Waals surface area contributed by atoms with Crippen LogP contribution in [0.5, 0.6) is 0 Å². The van der Waals surface area contributed by atoms with Crippen LogP contribution in [0.4, 0.5) is 0 Å². The Balaban J connectivity index is 3.92. The van der Waals surface area contributed by atoms with Crippen molar-refractivity contribution in [3.05, 3.63) is 72.9 Å². The van der Waals surface area contributed by atoms with E-state index in [2.05, 4.69) is 86.8 Å². The molecule has 0 saturated heterocycles. The van der Waals surface area contributed by atoms with Gasteiger partial charge in [-0.2, -0.15) is 0 Å². The molecule has 2 unspecified atom stereocenters. The fourth-order valence-corrected chi connectivity index (χ4v) is 8.37. The Morgan fingerprint density at radius 1 is 0.470 bits per heavy atom. The molecule has 0 fully saturated rings. The van der Waals surface area contributed by atoms with Crippen molar-refractivity contribution in [2.24, 2.45) is 5.73 Å². The molecule has 0 saturated carbocycles. The molecule has 0 aromatic rings. The van der Waals surface area contributed by atoms with Gasteiger partial charge in [0.15, 0.2) is 0 Å². The number of ether oxygens (including phenoxy) is 2. The van der Waals surface area contributed by atoms with Crippen LogP contribution >= 0.6 is 7.82 Å². The second kappa shape index (κ2) is 53.9. The Morgan fingerprint density at radius 3 is 1.27 bits per heavy atom. The van der Waals surface area contributed by atoms with Crippen LogP contribution in [-0.4, -0.2) is 49.9 Å². The van der Waals surface area contributed by atoms with E-state index < -0.39 is 13.9 Å². The molecule has 66 heavy (non-hydrogen) atoms. The highest BCUT2D eigenvalue weighted by Crippen LogP contribution is 2.43. The van der Waals surface area contributed by atoms with E-state index >= 15 is 0 Å². The lowest BCUT2D eigenvalue weighted by Gasteiger charge is -2.20. The van der Waals surface area contributed by atoms with Gasteiger partial charge in [-0.05, 0) is 83.5 Å². The summed E-state index contributed by atoms with van der Waals surface area (Å²) in [5.41, 5.74) is 5.40. The summed E-state index contributed by atoms with van der Waals surface area (Å²) in [6.07, 6.45) is 69.4. The van der Waals surface area contributed by atoms with Crippen molar-refractivity contribution in [2.45, 2.75) is 251 Å². The molecule has 384 valence electrons. The van der Waals surface area contributed by atoms with Gasteiger partial charge in [0, 0.05) is 19.6 Å². The predicted octanol–water partition coefficient (Wildman–Crippen LogP) is 17.4. The summed E-state index contributed by atoms with van der Waals surface area (Å²) in [6.45, 7) is 4.81. The van der Waals surface area contributed by atoms with E-state index in [9.17, 15) is 14.3 Å². The van der Waals surface area contributed by atoms with Crippen LogP contribution in [0.3, 0.4) is 0 Å². The number of phosphoric ester groups is 1. The number of rotatable bonds is 52. The number of unbranched alkanes of at least 4 members (excludes halogenated alkanes) is 27. The van der Waals surface area contributed by atoms with Crippen molar-refractivity contribution in [1.29, 1.82) is 0 Å². The maximum atomic E-state index is 12.7. The zero-order valence-electron chi connectivity index (χ0n) is 42.9. The molecule has 0 aromatic heterocycles. The summed E-state index contributed by atoms with van der Waals surface area (Å²) in [5, 5.41) is 0. The highest BCUT2D eigenvalue weighted by atomic mass is 31.2. The third kappa shape index (κ3) is 52.9. The lowest BCUT2D eigenvalue weighted by Crippen LogP contribution is -2.28. The molecule has 0 amide bonds. The molecule has 8 nitrogen and oxygen atoms in total. The van der Waals surface area contributed by atoms with Gasteiger partial charge in [0.25, 0.3) is 0 Å². The highest BCUT2D eigenvalue weighted by molar-refractivity contribution is 7.47. The van der Waals surface area contributed by atoms with E-state index in [0.717, 1.165) is 64.2 Å². The Kier molecular flexibility index (Phi) is 52.2. The molecule has 0 radical (unpaired) electrons. The van der Waals surface area contributed by atoms with Gasteiger partial charge in [-0.3, -0.25) is 13.8 Å².